The lowest BCUT2D eigenvalue weighted by atomic mass is 10.2. The lowest BCUT2D eigenvalue weighted by Gasteiger charge is -2.12. The molecule has 100 valence electrons. The Labute approximate surface area is 107 Å². The predicted molar refractivity (Wildman–Crippen MR) is 69.7 cm³/mol. The van der Waals surface area contributed by atoms with E-state index in [4.69, 9.17) is 15.2 Å². The molecule has 0 saturated carbocycles. The summed E-state index contributed by atoms with van der Waals surface area (Å²) in [5.74, 6) is 1.25. The monoisotopic (exact) mass is 252 g/mol. The van der Waals surface area contributed by atoms with Crippen LogP contribution in [0.1, 0.15) is 18.9 Å². The van der Waals surface area contributed by atoms with Crippen molar-refractivity contribution in [1.82, 2.24) is 5.32 Å². The highest BCUT2D eigenvalue weighted by Crippen LogP contribution is 2.28. The third-order valence-corrected chi connectivity index (χ3v) is 2.41. The fourth-order valence-corrected chi connectivity index (χ4v) is 1.45. The summed E-state index contributed by atoms with van der Waals surface area (Å²) >= 11 is 0. The Hall–Kier alpha value is -1.75. The molecule has 0 aromatic heterocycles. The maximum atomic E-state index is 11.1. The number of ether oxygens (including phenoxy) is 2. The number of hydrogen-bond donors (Lipinski definition) is 2. The molecule has 0 aliphatic carbocycles. The number of hydrogen-bond acceptors (Lipinski definition) is 4. The van der Waals surface area contributed by atoms with Crippen LogP contribution >= 0.6 is 0 Å². The summed E-state index contributed by atoms with van der Waals surface area (Å²) in [6, 6.07) is 5.56. The van der Waals surface area contributed by atoms with Crippen molar-refractivity contribution in [2.75, 3.05) is 20.3 Å². The van der Waals surface area contributed by atoms with E-state index < -0.39 is 0 Å². The van der Waals surface area contributed by atoms with Crippen LogP contribution in [0, 0.1) is 0 Å². The van der Waals surface area contributed by atoms with Gasteiger partial charge in [0.25, 0.3) is 0 Å². The first-order valence-corrected chi connectivity index (χ1v) is 6.00. The Morgan fingerprint density at radius 3 is 2.72 bits per heavy atom. The molecule has 18 heavy (non-hydrogen) atoms. The van der Waals surface area contributed by atoms with E-state index in [1.54, 1.807) is 7.05 Å². The van der Waals surface area contributed by atoms with Gasteiger partial charge in [0.1, 0.15) is 0 Å². The normalized spacial score (nSPS) is 9.94. The van der Waals surface area contributed by atoms with Crippen LogP contribution in [0.25, 0.3) is 0 Å². The Balaban J connectivity index is 2.65. The molecule has 0 fully saturated rings. The maximum Gasteiger partial charge on any atom is 0.223 e. The molecule has 3 N–H and O–H groups in total. The van der Waals surface area contributed by atoms with Crippen molar-refractivity contribution >= 4 is 5.91 Å². The van der Waals surface area contributed by atoms with Gasteiger partial charge in [0.2, 0.25) is 5.91 Å². The van der Waals surface area contributed by atoms with Crippen molar-refractivity contribution in [3.05, 3.63) is 23.8 Å². The minimum absolute atomic E-state index is 0.0495. The van der Waals surface area contributed by atoms with Crippen molar-refractivity contribution in [3.63, 3.8) is 0 Å². The van der Waals surface area contributed by atoms with Crippen LogP contribution in [0.3, 0.4) is 0 Å². The number of rotatable bonds is 7. The maximum absolute atomic E-state index is 11.1. The summed E-state index contributed by atoms with van der Waals surface area (Å²) in [7, 11) is 1.60. The second-order valence-corrected chi connectivity index (χ2v) is 3.69. The molecule has 0 radical (unpaired) electrons. The van der Waals surface area contributed by atoms with E-state index in [1.807, 2.05) is 25.1 Å². The molecule has 0 aliphatic rings. The first kappa shape index (κ1) is 14.3. The van der Waals surface area contributed by atoms with Crippen LogP contribution in [-0.4, -0.2) is 26.2 Å². The average molecular weight is 252 g/mol. The number of nitrogens with one attached hydrogen (secondary N) is 1. The Kier molecular flexibility index (Phi) is 6.00. The van der Waals surface area contributed by atoms with E-state index in [0.717, 1.165) is 5.56 Å². The minimum atomic E-state index is -0.0495. The average Bonchev–Trinajstić information content (AvgIpc) is 2.40. The third-order valence-electron chi connectivity index (χ3n) is 2.41. The fraction of sp³-hybridized carbons (Fsp3) is 0.462. The second-order valence-electron chi connectivity index (χ2n) is 3.69. The molecule has 1 aromatic rings. The number of carbonyl (C=O) groups is 1. The lowest BCUT2D eigenvalue weighted by Crippen LogP contribution is -2.20. The number of benzene rings is 1. The van der Waals surface area contributed by atoms with E-state index in [0.29, 0.717) is 37.7 Å². The summed E-state index contributed by atoms with van der Waals surface area (Å²) in [4.78, 5) is 11.1. The van der Waals surface area contributed by atoms with Crippen LogP contribution in [-0.2, 0) is 11.3 Å². The molecule has 0 aliphatic heterocycles. The highest BCUT2D eigenvalue weighted by molar-refractivity contribution is 5.75. The van der Waals surface area contributed by atoms with Gasteiger partial charge in [-0.1, -0.05) is 6.07 Å². The molecule has 1 aromatic carbocycles. The van der Waals surface area contributed by atoms with Gasteiger partial charge in [0, 0.05) is 13.6 Å². The highest BCUT2D eigenvalue weighted by Gasteiger charge is 2.07. The van der Waals surface area contributed by atoms with E-state index >= 15 is 0 Å². The number of amides is 1. The van der Waals surface area contributed by atoms with Gasteiger partial charge in [0.05, 0.1) is 19.6 Å². The van der Waals surface area contributed by atoms with Gasteiger partial charge >= 0.3 is 0 Å². The molecule has 1 rings (SSSR count). The lowest BCUT2D eigenvalue weighted by molar-refractivity contribution is -0.121. The Morgan fingerprint density at radius 2 is 2.11 bits per heavy atom. The van der Waals surface area contributed by atoms with E-state index in [1.165, 1.54) is 0 Å². The zero-order valence-corrected chi connectivity index (χ0v) is 10.9. The molecule has 0 saturated heterocycles. The van der Waals surface area contributed by atoms with E-state index in [9.17, 15) is 4.79 Å². The van der Waals surface area contributed by atoms with Gasteiger partial charge in [-0.3, -0.25) is 4.79 Å². The molecule has 0 atom stereocenters. The quantitative estimate of drug-likeness (QED) is 0.761. The highest BCUT2D eigenvalue weighted by atomic mass is 16.5. The summed E-state index contributed by atoms with van der Waals surface area (Å²) in [6.45, 7) is 3.24. The minimum Gasteiger partial charge on any atom is -0.490 e. The molecule has 0 spiro atoms. The van der Waals surface area contributed by atoms with Crippen LogP contribution in [0.15, 0.2) is 18.2 Å². The molecule has 0 heterocycles. The second kappa shape index (κ2) is 7.55. The van der Waals surface area contributed by atoms with Gasteiger partial charge < -0.3 is 20.5 Å². The van der Waals surface area contributed by atoms with Crippen molar-refractivity contribution in [2.45, 2.75) is 19.9 Å². The number of nitrogens with two attached hydrogens (primary N) is 1. The molecule has 5 nitrogen and oxygen atoms in total. The van der Waals surface area contributed by atoms with Crippen molar-refractivity contribution in [2.24, 2.45) is 5.73 Å². The third kappa shape index (κ3) is 4.25. The van der Waals surface area contributed by atoms with Crippen LogP contribution in [0.2, 0.25) is 0 Å². The standard InChI is InChI=1S/C13H20N2O3/c1-3-17-12-8-10(9-14)4-5-11(12)18-7-6-13(16)15-2/h4-5,8H,3,6-7,9,14H2,1-2H3,(H,15,16). The molecular formula is C13H20N2O3. The molecule has 5 heteroatoms. The Morgan fingerprint density at radius 1 is 1.33 bits per heavy atom. The van der Waals surface area contributed by atoms with E-state index in [-0.39, 0.29) is 5.91 Å². The van der Waals surface area contributed by atoms with Gasteiger partial charge in [-0.15, -0.1) is 0 Å². The topological polar surface area (TPSA) is 73.6 Å². The van der Waals surface area contributed by atoms with Crippen molar-refractivity contribution < 1.29 is 14.3 Å². The smallest absolute Gasteiger partial charge is 0.223 e. The van der Waals surface area contributed by atoms with Gasteiger partial charge in [-0.25, -0.2) is 0 Å². The van der Waals surface area contributed by atoms with Gasteiger partial charge in [-0.05, 0) is 24.6 Å². The fourth-order valence-electron chi connectivity index (χ4n) is 1.45. The van der Waals surface area contributed by atoms with Crippen LogP contribution < -0.4 is 20.5 Å². The summed E-state index contributed by atoms with van der Waals surface area (Å²) < 4.78 is 11.0. The first-order chi connectivity index (χ1) is 8.71. The SMILES string of the molecule is CCOc1cc(CN)ccc1OCCC(=O)NC. The zero-order valence-electron chi connectivity index (χ0n) is 10.9. The van der Waals surface area contributed by atoms with Gasteiger partial charge in [-0.2, -0.15) is 0 Å². The zero-order chi connectivity index (χ0) is 13.4. The molecule has 1 amide bonds. The molecule has 0 bridgehead atoms. The van der Waals surface area contributed by atoms with Crippen molar-refractivity contribution in [1.29, 1.82) is 0 Å². The van der Waals surface area contributed by atoms with Crippen LogP contribution in [0.4, 0.5) is 0 Å². The number of carbonyl (C=O) groups excluding carboxylic acids is 1. The first-order valence-electron chi connectivity index (χ1n) is 6.00. The van der Waals surface area contributed by atoms with Crippen molar-refractivity contribution in [3.8, 4) is 11.5 Å². The van der Waals surface area contributed by atoms with Gasteiger partial charge in [0.15, 0.2) is 11.5 Å². The largest absolute Gasteiger partial charge is 0.490 e. The Bertz CT molecular complexity index is 394. The molecular weight excluding hydrogens is 232 g/mol. The molecule has 0 unspecified atom stereocenters. The van der Waals surface area contributed by atoms with Crippen LogP contribution in [0.5, 0.6) is 11.5 Å². The summed E-state index contributed by atoms with van der Waals surface area (Å²) in [6.07, 6.45) is 0.320. The summed E-state index contributed by atoms with van der Waals surface area (Å²) in [5.41, 5.74) is 6.56. The predicted octanol–water partition coefficient (Wildman–Crippen LogP) is 1.06. The van der Waals surface area contributed by atoms with E-state index in [2.05, 4.69) is 5.32 Å². The summed E-state index contributed by atoms with van der Waals surface area (Å²) in [5, 5.41) is 2.54.